The summed E-state index contributed by atoms with van der Waals surface area (Å²) in [4.78, 5) is 24.3. The van der Waals surface area contributed by atoms with Crippen molar-refractivity contribution in [3.63, 3.8) is 0 Å². The molecule has 4 heterocycles. The first-order valence-corrected chi connectivity index (χ1v) is 10.2. The molecule has 170 valence electrons. The van der Waals surface area contributed by atoms with Crippen molar-refractivity contribution in [1.82, 2.24) is 20.1 Å². The Balaban J connectivity index is 1.46. The topological polar surface area (TPSA) is 79.3 Å². The maximum atomic E-state index is 13.1. The van der Waals surface area contributed by atoms with Gasteiger partial charge in [0.1, 0.15) is 12.7 Å². The Hall–Kier alpha value is -2.56. The van der Waals surface area contributed by atoms with E-state index in [-0.39, 0.29) is 36.5 Å². The number of ether oxygens (including phenoxy) is 2. The normalized spacial score (nSPS) is 30.6. The van der Waals surface area contributed by atoms with Crippen LogP contribution in [-0.4, -0.2) is 78.8 Å². The van der Waals surface area contributed by atoms with Crippen molar-refractivity contribution >= 4 is 12.2 Å². The van der Waals surface area contributed by atoms with Crippen molar-refractivity contribution in [3.05, 3.63) is 17.8 Å². The number of halogens is 3. The monoisotopic (exact) mass is 441 g/mol. The molecule has 4 rings (SSSR count). The summed E-state index contributed by atoms with van der Waals surface area (Å²) in [6.07, 6.45) is -0.561. The number of hydrogen-bond acceptors (Lipinski definition) is 7. The fraction of sp³-hybridized carbons (Fsp3) is 0.650. The average molecular weight is 441 g/mol. The van der Waals surface area contributed by atoms with Gasteiger partial charge >= 0.3 is 6.18 Å². The van der Waals surface area contributed by atoms with E-state index in [0.717, 1.165) is 16.9 Å². The largest absolute Gasteiger partial charge is 0.491 e. The number of hydrogen-bond donors (Lipinski definition) is 1. The number of rotatable bonds is 5. The predicted octanol–water partition coefficient (Wildman–Crippen LogP) is 1.97. The van der Waals surface area contributed by atoms with Crippen molar-refractivity contribution in [1.29, 1.82) is 0 Å². The number of nitrogens with zero attached hydrogens (tertiary/aromatic N) is 4. The molecule has 2 saturated heterocycles. The summed E-state index contributed by atoms with van der Waals surface area (Å²) in [7, 11) is 3.07. The number of likely N-dealkylation sites (tertiary alicyclic amines) is 1. The fourth-order valence-electron chi connectivity index (χ4n) is 4.86. The molecule has 0 bridgehead atoms. The Morgan fingerprint density at radius 3 is 2.71 bits per heavy atom. The summed E-state index contributed by atoms with van der Waals surface area (Å²) < 4.78 is 48.6. The van der Waals surface area contributed by atoms with Crippen LogP contribution in [0.25, 0.3) is 0 Å². The number of alkyl halides is 3. The van der Waals surface area contributed by atoms with Crippen LogP contribution in [0.2, 0.25) is 0 Å². The first kappa shape index (κ1) is 21.7. The lowest BCUT2D eigenvalue weighted by atomic mass is 9.85. The summed E-state index contributed by atoms with van der Waals surface area (Å²) >= 11 is 0. The zero-order valence-electron chi connectivity index (χ0n) is 17.6. The minimum atomic E-state index is -4.31. The highest BCUT2D eigenvalue weighted by Crippen LogP contribution is 2.40. The molecule has 1 aromatic heterocycles. The molecule has 8 nitrogen and oxygen atoms in total. The standard InChI is InChI=1S/C20H26F3N5O3/c1-11-17-13(19(29)28(11)16-8-27(10-25-16)9-20(21,22)23)4-5-14(26-17)12-6-15(30-2)18(31-3)24-7-12/h6-7,10-11,13-14,16-17,26H,4-5,8-9H2,1-3H3. The Morgan fingerprint density at radius 1 is 1.26 bits per heavy atom. The van der Waals surface area contributed by atoms with Gasteiger partial charge < -0.3 is 24.6 Å². The summed E-state index contributed by atoms with van der Waals surface area (Å²) in [6, 6.07) is 1.55. The molecule has 1 N–H and O–H groups in total. The molecule has 2 fully saturated rings. The number of pyridine rings is 1. The second-order valence-corrected chi connectivity index (χ2v) is 8.18. The Kier molecular flexibility index (Phi) is 5.71. The minimum Gasteiger partial charge on any atom is -0.491 e. The van der Waals surface area contributed by atoms with E-state index in [4.69, 9.17) is 9.47 Å². The third-order valence-corrected chi connectivity index (χ3v) is 6.28. The number of aromatic nitrogens is 1. The van der Waals surface area contributed by atoms with Gasteiger partial charge in [-0.05, 0) is 31.4 Å². The zero-order chi connectivity index (χ0) is 22.3. The number of amides is 1. The van der Waals surface area contributed by atoms with E-state index in [1.54, 1.807) is 18.2 Å². The van der Waals surface area contributed by atoms with Gasteiger partial charge in [-0.3, -0.25) is 4.79 Å². The van der Waals surface area contributed by atoms with Crippen LogP contribution in [-0.2, 0) is 4.79 Å². The summed E-state index contributed by atoms with van der Waals surface area (Å²) in [5.41, 5.74) is 0.935. The second-order valence-electron chi connectivity index (χ2n) is 8.18. The van der Waals surface area contributed by atoms with Crippen molar-refractivity contribution < 1.29 is 27.4 Å². The summed E-state index contributed by atoms with van der Waals surface area (Å²) in [5, 5.41) is 3.56. The number of aliphatic imine (C=N–C) groups is 1. The highest BCUT2D eigenvalue weighted by molar-refractivity contribution is 5.83. The van der Waals surface area contributed by atoms with Gasteiger partial charge in [0, 0.05) is 24.3 Å². The predicted molar refractivity (Wildman–Crippen MR) is 106 cm³/mol. The van der Waals surface area contributed by atoms with Crippen LogP contribution in [0.5, 0.6) is 11.6 Å². The minimum absolute atomic E-state index is 0.0161. The molecular weight excluding hydrogens is 415 g/mol. The number of methoxy groups -OCH3 is 2. The van der Waals surface area contributed by atoms with Gasteiger partial charge in [-0.15, -0.1) is 0 Å². The Labute approximate surface area is 178 Å². The van der Waals surface area contributed by atoms with Gasteiger partial charge in [0.15, 0.2) is 5.75 Å². The van der Waals surface area contributed by atoms with Gasteiger partial charge in [-0.25, -0.2) is 9.98 Å². The number of carbonyl (C=O) groups is 1. The van der Waals surface area contributed by atoms with E-state index in [1.165, 1.54) is 13.4 Å². The van der Waals surface area contributed by atoms with Crippen molar-refractivity contribution in [2.24, 2.45) is 10.9 Å². The highest BCUT2D eigenvalue weighted by atomic mass is 19.4. The first-order valence-electron chi connectivity index (χ1n) is 10.2. The molecule has 5 unspecified atom stereocenters. The molecule has 11 heteroatoms. The van der Waals surface area contributed by atoms with Gasteiger partial charge in [-0.2, -0.15) is 13.2 Å². The first-order chi connectivity index (χ1) is 14.7. The second kappa shape index (κ2) is 8.18. The molecule has 0 spiro atoms. The van der Waals surface area contributed by atoms with Crippen LogP contribution >= 0.6 is 0 Å². The molecule has 1 aromatic rings. The molecule has 0 radical (unpaired) electrons. The molecule has 3 aliphatic heterocycles. The molecule has 3 aliphatic rings. The van der Waals surface area contributed by atoms with Crippen LogP contribution in [0.4, 0.5) is 13.2 Å². The summed E-state index contributed by atoms with van der Waals surface area (Å²) in [5.74, 6) is 0.667. The van der Waals surface area contributed by atoms with E-state index in [1.807, 2.05) is 13.0 Å². The molecule has 5 atom stereocenters. The maximum absolute atomic E-state index is 13.1. The molecular formula is C20H26F3N5O3. The Bertz CT molecular complexity index is 865. The quantitative estimate of drug-likeness (QED) is 0.753. The van der Waals surface area contributed by atoms with Crippen LogP contribution < -0.4 is 14.8 Å². The van der Waals surface area contributed by atoms with Crippen molar-refractivity contribution in [2.75, 3.05) is 27.3 Å². The molecule has 0 aromatic carbocycles. The van der Waals surface area contributed by atoms with Crippen LogP contribution in [0.3, 0.4) is 0 Å². The van der Waals surface area contributed by atoms with Crippen LogP contribution in [0.1, 0.15) is 31.4 Å². The zero-order valence-corrected chi connectivity index (χ0v) is 17.6. The average Bonchev–Trinajstić information content (AvgIpc) is 3.27. The van der Waals surface area contributed by atoms with E-state index in [2.05, 4.69) is 15.3 Å². The lowest BCUT2D eigenvalue weighted by molar-refractivity contribution is -0.139. The van der Waals surface area contributed by atoms with Crippen molar-refractivity contribution in [2.45, 2.75) is 50.2 Å². The van der Waals surface area contributed by atoms with Crippen LogP contribution in [0, 0.1) is 5.92 Å². The van der Waals surface area contributed by atoms with Crippen molar-refractivity contribution in [3.8, 4) is 11.6 Å². The van der Waals surface area contributed by atoms with Crippen LogP contribution in [0.15, 0.2) is 17.3 Å². The van der Waals surface area contributed by atoms with E-state index in [9.17, 15) is 18.0 Å². The van der Waals surface area contributed by atoms with E-state index in [0.29, 0.717) is 18.1 Å². The van der Waals surface area contributed by atoms with Gasteiger partial charge in [-0.1, -0.05) is 0 Å². The molecule has 1 amide bonds. The maximum Gasteiger partial charge on any atom is 0.405 e. The third-order valence-electron chi connectivity index (χ3n) is 6.28. The lowest BCUT2D eigenvalue weighted by Gasteiger charge is -2.34. The smallest absolute Gasteiger partial charge is 0.405 e. The van der Waals surface area contributed by atoms with Gasteiger partial charge in [0.25, 0.3) is 5.88 Å². The number of nitrogens with one attached hydrogen (secondary N) is 1. The third kappa shape index (κ3) is 4.15. The number of fused-ring (bicyclic) bond motifs is 1. The number of piperidine rings is 1. The fourth-order valence-corrected chi connectivity index (χ4v) is 4.86. The summed E-state index contributed by atoms with van der Waals surface area (Å²) in [6.45, 7) is 0.910. The Morgan fingerprint density at radius 2 is 2.03 bits per heavy atom. The van der Waals surface area contributed by atoms with Gasteiger partial charge in [0.05, 0.1) is 33.0 Å². The van der Waals surface area contributed by atoms with Gasteiger partial charge in [0.2, 0.25) is 5.91 Å². The number of carbonyl (C=O) groups excluding carboxylic acids is 1. The van der Waals surface area contributed by atoms with E-state index < -0.39 is 18.9 Å². The lowest BCUT2D eigenvalue weighted by Crippen LogP contribution is -2.49. The molecule has 0 saturated carbocycles. The molecule has 0 aliphatic carbocycles. The SMILES string of the molecule is COc1cc(C2CCC3C(=O)N(C4CN(CC(F)(F)F)C=N4)C(C)C3N2)cnc1OC. The highest BCUT2D eigenvalue weighted by Gasteiger charge is 2.51. The van der Waals surface area contributed by atoms with E-state index >= 15 is 0 Å². The molecule has 31 heavy (non-hydrogen) atoms.